The number of aromatic nitrogens is 1. The predicted molar refractivity (Wildman–Crippen MR) is 81.4 cm³/mol. The molecular weight excluding hydrogens is 365 g/mol. The fourth-order valence-corrected chi connectivity index (χ4v) is 2.19. The van der Waals surface area contributed by atoms with E-state index in [1.54, 1.807) is 6.92 Å². The molecule has 0 fully saturated rings. The summed E-state index contributed by atoms with van der Waals surface area (Å²) < 4.78 is -1.72. The molecule has 1 aromatic rings. The van der Waals surface area contributed by atoms with Crippen molar-refractivity contribution in [2.24, 2.45) is 5.16 Å². The maximum atomic E-state index is 11.5. The highest BCUT2D eigenvalue weighted by atomic mass is 35.6. The van der Waals surface area contributed by atoms with E-state index in [0.29, 0.717) is 0 Å². The first kappa shape index (κ1) is 18.0. The Kier molecular flexibility index (Phi) is 6.66. The highest BCUT2D eigenvalue weighted by molar-refractivity contribution is 7.14. The normalized spacial score (nSPS) is 12.1. The predicted octanol–water partition coefficient (Wildman–Crippen LogP) is 2.67. The zero-order chi connectivity index (χ0) is 16.0. The van der Waals surface area contributed by atoms with E-state index in [1.807, 2.05) is 0 Å². The molecule has 0 atom stereocenters. The van der Waals surface area contributed by atoms with Crippen LogP contribution in [0.2, 0.25) is 0 Å². The average Bonchev–Trinajstić information content (AvgIpc) is 2.74. The van der Waals surface area contributed by atoms with E-state index in [0.717, 1.165) is 11.3 Å². The molecule has 1 heterocycles. The standard InChI is InChI=1S/C10H10Cl3N3O4S/c1-2-20-16-7(8(18)19)5-4-21-9(14-5)15-6(17)3-10(11,12)13/h4H,2-3H2,1H3,(H,18,19)(H,14,15,17). The third-order valence-electron chi connectivity index (χ3n) is 1.84. The highest BCUT2D eigenvalue weighted by Crippen LogP contribution is 2.30. The van der Waals surface area contributed by atoms with Crippen LogP contribution in [0.1, 0.15) is 19.0 Å². The third kappa shape index (κ3) is 6.47. The quantitative estimate of drug-likeness (QED) is 0.453. The van der Waals surface area contributed by atoms with Crippen LogP contribution in [0, 0.1) is 0 Å². The van der Waals surface area contributed by atoms with Gasteiger partial charge in [-0.15, -0.1) is 11.3 Å². The molecule has 0 radical (unpaired) electrons. The number of oxime groups is 1. The number of aliphatic carboxylic acids is 1. The van der Waals surface area contributed by atoms with E-state index in [1.165, 1.54) is 5.38 Å². The number of amides is 1. The molecule has 0 aliphatic heterocycles. The molecular formula is C10H10Cl3N3O4S. The van der Waals surface area contributed by atoms with Crippen molar-refractivity contribution in [3.8, 4) is 0 Å². The van der Waals surface area contributed by atoms with Crippen molar-refractivity contribution in [2.45, 2.75) is 17.1 Å². The van der Waals surface area contributed by atoms with Gasteiger partial charge in [0.05, 0.1) is 6.42 Å². The topological polar surface area (TPSA) is 101 Å². The van der Waals surface area contributed by atoms with Gasteiger partial charge in [-0.25, -0.2) is 9.78 Å². The molecule has 0 saturated heterocycles. The number of carboxylic acids is 1. The van der Waals surface area contributed by atoms with E-state index in [4.69, 9.17) is 44.7 Å². The molecule has 1 aromatic heterocycles. The first-order chi connectivity index (χ1) is 9.73. The molecule has 1 rings (SSSR count). The molecule has 21 heavy (non-hydrogen) atoms. The van der Waals surface area contributed by atoms with Crippen LogP contribution in [0.4, 0.5) is 5.13 Å². The van der Waals surface area contributed by atoms with Gasteiger partial charge in [0, 0.05) is 5.38 Å². The van der Waals surface area contributed by atoms with Gasteiger partial charge in [0.25, 0.3) is 0 Å². The second kappa shape index (κ2) is 7.79. The number of carboxylic acid groups (broad SMARTS) is 1. The Labute approximate surface area is 138 Å². The summed E-state index contributed by atoms with van der Waals surface area (Å²) in [5.41, 5.74) is -0.305. The molecule has 116 valence electrons. The molecule has 1 amide bonds. The largest absolute Gasteiger partial charge is 0.476 e. The summed E-state index contributed by atoms with van der Waals surface area (Å²) in [6, 6.07) is 0. The monoisotopic (exact) mass is 373 g/mol. The van der Waals surface area contributed by atoms with E-state index < -0.39 is 15.7 Å². The molecule has 2 N–H and O–H groups in total. The van der Waals surface area contributed by atoms with Gasteiger partial charge in [0.2, 0.25) is 11.6 Å². The number of carbonyl (C=O) groups is 2. The lowest BCUT2D eigenvalue weighted by atomic mass is 10.3. The Bertz CT molecular complexity index is 556. The lowest BCUT2D eigenvalue weighted by molar-refractivity contribution is -0.129. The van der Waals surface area contributed by atoms with E-state index in [9.17, 15) is 9.59 Å². The van der Waals surface area contributed by atoms with Gasteiger partial charge in [-0.2, -0.15) is 0 Å². The summed E-state index contributed by atoms with van der Waals surface area (Å²) in [5, 5.41) is 16.4. The van der Waals surface area contributed by atoms with Gasteiger partial charge in [0.1, 0.15) is 12.3 Å². The van der Waals surface area contributed by atoms with Gasteiger partial charge >= 0.3 is 5.97 Å². The number of nitrogens with one attached hydrogen (secondary N) is 1. The van der Waals surface area contributed by atoms with Crippen molar-refractivity contribution in [3.05, 3.63) is 11.1 Å². The van der Waals surface area contributed by atoms with Gasteiger partial charge in [0.15, 0.2) is 8.92 Å². The minimum absolute atomic E-state index is 0.0603. The number of alkyl halides is 3. The lowest BCUT2D eigenvalue weighted by Crippen LogP contribution is -2.19. The Morgan fingerprint density at radius 3 is 2.71 bits per heavy atom. The first-order valence-corrected chi connectivity index (χ1v) is 7.50. The lowest BCUT2D eigenvalue weighted by Gasteiger charge is -2.08. The van der Waals surface area contributed by atoms with Crippen molar-refractivity contribution < 1.29 is 19.5 Å². The van der Waals surface area contributed by atoms with Crippen molar-refractivity contribution in [3.63, 3.8) is 0 Å². The number of thiazole rings is 1. The maximum absolute atomic E-state index is 11.5. The summed E-state index contributed by atoms with van der Waals surface area (Å²) in [5.74, 6) is -1.86. The van der Waals surface area contributed by atoms with Crippen LogP contribution in [0.25, 0.3) is 0 Å². The van der Waals surface area contributed by atoms with E-state index >= 15 is 0 Å². The minimum Gasteiger partial charge on any atom is -0.476 e. The smallest absolute Gasteiger partial charge is 0.360 e. The van der Waals surface area contributed by atoms with E-state index in [2.05, 4.69) is 15.5 Å². The van der Waals surface area contributed by atoms with Crippen LogP contribution in [-0.4, -0.2) is 38.1 Å². The number of rotatable bonds is 6. The van der Waals surface area contributed by atoms with Gasteiger partial charge in [-0.05, 0) is 6.92 Å². The van der Waals surface area contributed by atoms with Gasteiger partial charge in [-0.1, -0.05) is 40.0 Å². The van der Waals surface area contributed by atoms with Crippen molar-refractivity contribution in [1.82, 2.24) is 4.98 Å². The van der Waals surface area contributed by atoms with Crippen LogP contribution in [0.5, 0.6) is 0 Å². The summed E-state index contributed by atoms with van der Waals surface area (Å²) in [4.78, 5) is 31.2. The van der Waals surface area contributed by atoms with Gasteiger partial charge < -0.3 is 15.3 Å². The molecule has 0 unspecified atom stereocenters. The molecule has 0 saturated carbocycles. The van der Waals surface area contributed by atoms with Crippen LogP contribution in [0.3, 0.4) is 0 Å². The Morgan fingerprint density at radius 1 is 1.52 bits per heavy atom. The molecule has 0 aliphatic rings. The minimum atomic E-state index is -1.72. The molecule has 7 nitrogen and oxygen atoms in total. The second-order valence-corrected chi connectivity index (χ2v) is 6.92. The second-order valence-electron chi connectivity index (χ2n) is 3.54. The summed E-state index contributed by atoms with van der Waals surface area (Å²) in [6.45, 7) is 1.88. The van der Waals surface area contributed by atoms with Crippen molar-refractivity contribution in [2.75, 3.05) is 11.9 Å². The van der Waals surface area contributed by atoms with Crippen LogP contribution < -0.4 is 5.32 Å². The van der Waals surface area contributed by atoms with Gasteiger partial charge in [-0.3, -0.25) is 4.79 Å². The average molecular weight is 375 g/mol. The summed E-state index contributed by atoms with van der Waals surface area (Å²) in [6.07, 6.45) is -0.356. The summed E-state index contributed by atoms with van der Waals surface area (Å²) in [7, 11) is 0. The first-order valence-electron chi connectivity index (χ1n) is 5.48. The zero-order valence-corrected chi connectivity index (χ0v) is 13.7. The Hall–Kier alpha value is -1.09. The van der Waals surface area contributed by atoms with Crippen LogP contribution >= 0.6 is 46.1 Å². The maximum Gasteiger partial charge on any atom is 0.360 e. The Balaban J connectivity index is 2.80. The number of hydrogen-bond donors (Lipinski definition) is 2. The number of carbonyl (C=O) groups excluding carboxylic acids is 1. The molecule has 11 heteroatoms. The summed E-state index contributed by atoms with van der Waals surface area (Å²) >= 11 is 17.5. The van der Waals surface area contributed by atoms with E-state index in [-0.39, 0.29) is 29.6 Å². The fraction of sp³-hybridized carbons (Fsp3) is 0.400. The van der Waals surface area contributed by atoms with Crippen molar-refractivity contribution >= 4 is 68.9 Å². The zero-order valence-electron chi connectivity index (χ0n) is 10.6. The third-order valence-corrected chi connectivity index (χ3v) is 3.00. The Morgan fingerprint density at radius 2 is 2.19 bits per heavy atom. The highest BCUT2D eigenvalue weighted by Gasteiger charge is 2.25. The van der Waals surface area contributed by atoms with Crippen molar-refractivity contribution in [1.29, 1.82) is 0 Å². The molecule has 0 aromatic carbocycles. The number of anilines is 1. The van der Waals surface area contributed by atoms with Crippen LogP contribution in [0.15, 0.2) is 10.5 Å². The van der Waals surface area contributed by atoms with Crippen LogP contribution in [-0.2, 0) is 14.4 Å². The molecule has 0 spiro atoms. The number of halogens is 3. The number of hydrogen-bond acceptors (Lipinski definition) is 6. The molecule has 0 aliphatic carbocycles. The fourth-order valence-electron chi connectivity index (χ4n) is 1.11. The molecule has 0 bridgehead atoms. The number of nitrogens with zero attached hydrogens (tertiary/aromatic N) is 2. The SMILES string of the molecule is CCON=C(C(=O)O)c1csc(NC(=O)CC(Cl)(Cl)Cl)n1.